The molecule has 0 radical (unpaired) electrons. The van der Waals surface area contributed by atoms with Crippen LogP contribution in [0.2, 0.25) is 0 Å². The Balaban J connectivity index is 0.977. The SMILES string of the molecule is CCN1c2ccccc2CCc2cc(-c3sc(-c4sc(-c5sc(-c6sc(/C=c7\s/c(=C(\C#N)C(=O)O)n(CC(=O)O)c7=O)c7c6OCCO7)c6c5OCCO6)c5c4OCCO5)c4c3OCCO4)ccc21. The lowest BCUT2D eigenvalue weighted by Gasteiger charge is -2.25. The molecule has 0 saturated heterocycles. The second-order valence-corrected chi connectivity index (χ2v) is 21.4. The molecule has 2 N–H and O–H groups in total. The number of carbonyl (C=O) groups is 2. The maximum absolute atomic E-state index is 13.7. The number of carboxylic acid groups (broad SMARTS) is 2. The maximum atomic E-state index is 13.7. The number of anilines is 2. The predicted molar refractivity (Wildman–Crippen MR) is 266 cm³/mol. The first kappa shape index (κ1) is 44.3. The zero-order valence-electron chi connectivity index (χ0n) is 36.9. The molecular formula is C49H37N3O13S5. The van der Waals surface area contributed by atoms with Crippen LogP contribution in [0.15, 0.2) is 47.3 Å². The summed E-state index contributed by atoms with van der Waals surface area (Å²) in [4.78, 5) is 45.8. The molecule has 0 unspecified atom stereocenters. The van der Waals surface area contributed by atoms with Gasteiger partial charge in [0, 0.05) is 17.9 Å². The van der Waals surface area contributed by atoms with Gasteiger partial charge in [-0.1, -0.05) is 24.3 Å². The van der Waals surface area contributed by atoms with Crippen molar-refractivity contribution in [2.45, 2.75) is 26.3 Å². The summed E-state index contributed by atoms with van der Waals surface area (Å²) in [5.74, 6) is 1.35. The Morgan fingerprint density at radius 1 is 0.629 bits per heavy atom. The quantitative estimate of drug-likeness (QED) is 0.142. The van der Waals surface area contributed by atoms with E-state index in [9.17, 15) is 29.9 Å². The lowest BCUT2D eigenvalue weighted by atomic mass is 10.0. The summed E-state index contributed by atoms with van der Waals surface area (Å²) in [6.45, 7) is 4.70. The summed E-state index contributed by atoms with van der Waals surface area (Å²) in [6, 6.07) is 16.9. The van der Waals surface area contributed by atoms with Crippen LogP contribution in [-0.2, 0) is 29.0 Å². The Hall–Kier alpha value is -6.96. The number of aryl methyl sites for hydroxylation is 2. The number of ether oxygens (including phenoxy) is 8. The smallest absolute Gasteiger partial charge is 0.349 e. The molecule has 16 nitrogen and oxygen atoms in total. The Kier molecular flexibility index (Phi) is 11.2. The molecule has 0 amide bonds. The summed E-state index contributed by atoms with van der Waals surface area (Å²) < 4.78 is 51.6. The molecule has 5 aliphatic rings. The number of nitrogens with zero attached hydrogens (tertiary/aromatic N) is 3. The van der Waals surface area contributed by atoms with E-state index in [1.807, 2.05) is 0 Å². The monoisotopic (exact) mass is 1040 g/mol. The van der Waals surface area contributed by atoms with Crippen molar-refractivity contribution < 1.29 is 57.7 Å². The van der Waals surface area contributed by atoms with Gasteiger partial charge in [-0.25, -0.2) is 4.79 Å². The fourth-order valence-corrected chi connectivity index (χ4v) is 15.4. The molecule has 0 atom stereocenters. The molecule has 12 rings (SSSR count). The van der Waals surface area contributed by atoms with E-state index >= 15 is 0 Å². The van der Waals surface area contributed by atoms with Crippen LogP contribution in [0.25, 0.3) is 51.4 Å². The second-order valence-electron chi connectivity index (χ2n) is 16.2. The minimum Gasteiger partial charge on any atom is -0.485 e. The number of fused-ring (bicyclic) bond motifs is 6. The van der Waals surface area contributed by atoms with Crippen LogP contribution in [0.5, 0.6) is 46.0 Å². The van der Waals surface area contributed by atoms with Crippen molar-refractivity contribution in [2.24, 2.45) is 0 Å². The molecule has 5 aromatic heterocycles. The summed E-state index contributed by atoms with van der Waals surface area (Å²) in [5.41, 5.74) is 4.57. The highest BCUT2D eigenvalue weighted by molar-refractivity contribution is 7.30. The van der Waals surface area contributed by atoms with Gasteiger partial charge in [-0.2, -0.15) is 5.26 Å². The van der Waals surface area contributed by atoms with Crippen molar-refractivity contribution in [3.8, 4) is 91.8 Å². The number of nitriles is 1. The molecule has 21 heteroatoms. The fourth-order valence-electron chi connectivity index (χ4n) is 9.21. The van der Waals surface area contributed by atoms with E-state index < -0.39 is 29.6 Å². The van der Waals surface area contributed by atoms with Crippen molar-refractivity contribution >= 4 is 91.6 Å². The van der Waals surface area contributed by atoms with Gasteiger partial charge in [-0.05, 0) is 60.7 Å². The lowest BCUT2D eigenvalue weighted by molar-refractivity contribution is -0.138. The van der Waals surface area contributed by atoms with Crippen molar-refractivity contribution in [3.63, 3.8) is 0 Å². The largest absolute Gasteiger partial charge is 0.485 e. The number of aromatic nitrogens is 1. The van der Waals surface area contributed by atoms with Gasteiger partial charge in [0.15, 0.2) is 51.6 Å². The standard InChI is InChI=1S/C49H37N3O13S5/c1-2-51-27-6-4-3-5-23(27)7-8-24-19-25(9-10-28(24)51)40-34-35(61-14-13-60-34)43(68-40)44-38-39(65-18-17-64-38)46(70-44)45-37-36(62-15-16-63-37)42(69-45)41-33-32(58-11-12-59-33)29(66-41)20-30-47(55)52(22-31(53)54)48(67-30)26(21-50)49(56)57/h3-6,9-10,19-20H,2,7-8,11-18,22H2,1H3,(H,53,54)(H,56,57)/b30-20-,48-26+. The van der Waals surface area contributed by atoms with E-state index in [-0.39, 0.29) is 29.0 Å². The summed E-state index contributed by atoms with van der Waals surface area (Å²) in [5, 5.41) is 29.0. The molecule has 5 aliphatic heterocycles. The van der Waals surface area contributed by atoms with Gasteiger partial charge in [0.05, 0.1) is 43.5 Å². The molecule has 356 valence electrons. The number of carboxylic acids is 2. The van der Waals surface area contributed by atoms with Crippen molar-refractivity contribution in [3.05, 3.63) is 78.0 Å². The predicted octanol–water partition coefficient (Wildman–Crippen LogP) is 7.84. The van der Waals surface area contributed by atoms with E-state index in [1.165, 1.54) is 62.6 Å². The van der Waals surface area contributed by atoms with Crippen molar-refractivity contribution in [2.75, 3.05) is 64.3 Å². The molecule has 70 heavy (non-hydrogen) atoms. The van der Waals surface area contributed by atoms with Gasteiger partial charge in [0.25, 0.3) is 5.56 Å². The Morgan fingerprint density at radius 2 is 1.10 bits per heavy atom. The van der Waals surface area contributed by atoms with Crippen LogP contribution in [0.4, 0.5) is 11.4 Å². The van der Waals surface area contributed by atoms with E-state index in [1.54, 1.807) is 17.4 Å². The third-order valence-electron chi connectivity index (χ3n) is 12.1. The number of thiophene rings is 4. The molecule has 0 fully saturated rings. The van der Waals surface area contributed by atoms with Gasteiger partial charge < -0.3 is 53.0 Å². The van der Waals surface area contributed by atoms with Crippen molar-refractivity contribution in [1.82, 2.24) is 4.57 Å². The zero-order chi connectivity index (χ0) is 47.8. The third-order valence-corrected chi connectivity index (χ3v) is 18.4. The third kappa shape index (κ3) is 7.26. The van der Waals surface area contributed by atoms with Gasteiger partial charge in [0.1, 0.15) is 70.1 Å². The van der Waals surface area contributed by atoms with Crippen LogP contribution in [0.1, 0.15) is 22.9 Å². The number of para-hydroxylation sites is 1. The van der Waals surface area contributed by atoms with E-state index in [2.05, 4.69) is 54.3 Å². The van der Waals surface area contributed by atoms with Gasteiger partial charge in [-0.3, -0.25) is 14.2 Å². The second kappa shape index (κ2) is 17.8. The normalized spacial score (nSPS) is 15.9. The summed E-state index contributed by atoms with van der Waals surface area (Å²) >= 11 is 6.49. The van der Waals surface area contributed by atoms with E-state index in [0.29, 0.717) is 105 Å². The lowest BCUT2D eigenvalue weighted by Crippen LogP contribution is -2.35. The fraction of sp³-hybridized carbons (Fsp3) is 0.265. The highest BCUT2D eigenvalue weighted by atomic mass is 32.1. The molecular weight excluding hydrogens is 999 g/mol. The Bertz CT molecular complexity index is 3570. The molecule has 2 aromatic carbocycles. The van der Waals surface area contributed by atoms with E-state index in [0.717, 1.165) is 53.9 Å². The molecule has 0 aliphatic carbocycles. The van der Waals surface area contributed by atoms with Crippen molar-refractivity contribution in [1.29, 1.82) is 5.26 Å². The topological polar surface area (TPSA) is 197 Å². The Morgan fingerprint density at radius 3 is 1.63 bits per heavy atom. The van der Waals surface area contributed by atoms with Crippen LogP contribution >= 0.6 is 56.7 Å². The molecule has 0 bridgehead atoms. The van der Waals surface area contributed by atoms with Crippen LogP contribution < -0.4 is 57.5 Å². The van der Waals surface area contributed by atoms with Crippen LogP contribution in [0.3, 0.4) is 0 Å². The van der Waals surface area contributed by atoms with Crippen LogP contribution in [-0.4, -0.2) is 86.1 Å². The first-order chi connectivity index (χ1) is 34.2. The first-order valence-electron chi connectivity index (χ1n) is 22.2. The summed E-state index contributed by atoms with van der Waals surface area (Å²) in [6.07, 6.45) is 3.34. The maximum Gasteiger partial charge on any atom is 0.349 e. The number of aliphatic carboxylic acids is 2. The van der Waals surface area contributed by atoms with Gasteiger partial charge in [-0.15, -0.1) is 56.7 Å². The van der Waals surface area contributed by atoms with Crippen LogP contribution in [0, 0.1) is 11.3 Å². The highest BCUT2D eigenvalue weighted by Gasteiger charge is 2.39. The number of benzene rings is 2. The zero-order valence-corrected chi connectivity index (χ0v) is 41.0. The van der Waals surface area contributed by atoms with E-state index in [4.69, 9.17) is 37.9 Å². The number of thiazole rings is 1. The average molecular weight is 1040 g/mol. The molecule has 0 spiro atoms. The highest BCUT2D eigenvalue weighted by Crippen LogP contribution is 2.66. The molecule has 10 heterocycles. The van der Waals surface area contributed by atoms with Gasteiger partial charge >= 0.3 is 11.9 Å². The average Bonchev–Trinajstić information content (AvgIpc) is 4.18. The minimum atomic E-state index is -1.59. The Labute approximate surface area is 417 Å². The molecule has 7 aromatic rings. The summed E-state index contributed by atoms with van der Waals surface area (Å²) in [7, 11) is 0. The number of hydrogen-bond acceptors (Lipinski definition) is 18. The minimum absolute atomic E-state index is 0.00268. The first-order valence-corrected chi connectivity index (χ1v) is 26.3. The number of rotatable bonds is 9. The molecule has 0 saturated carbocycles. The number of hydrogen-bond donors (Lipinski definition) is 2. The van der Waals surface area contributed by atoms with Gasteiger partial charge in [0.2, 0.25) is 0 Å².